The van der Waals surface area contributed by atoms with Gasteiger partial charge in [-0.25, -0.2) is 9.97 Å². The van der Waals surface area contributed by atoms with Gasteiger partial charge < -0.3 is 8.94 Å². The summed E-state index contributed by atoms with van der Waals surface area (Å²) in [5, 5.41) is 4.16. The molecule has 0 unspecified atom stereocenters. The molecule has 0 saturated carbocycles. The molecule has 3 aromatic heterocycles. The summed E-state index contributed by atoms with van der Waals surface area (Å²) in [7, 11) is 0. The number of hydrogen-bond donors (Lipinski definition) is 0. The van der Waals surface area contributed by atoms with Crippen LogP contribution in [0.15, 0.2) is 26.5 Å². The highest BCUT2D eigenvalue weighted by atomic mass is 16.5. The average Bonchev–Trinajstić information content (AvgIpc) is 3.00. The van der Waals surface area contributed by atoms with E-state index in [4.69, 9.17) is 8.94 Å². The maximum atomic E-state index is 12.4. The summed E-state index contributed by atoms with van der Waals surface area (Å²) < 4.78 is 11.8. The Morgan fingerprint density at radius 1 is 1.35 bits per heavy atom. The maximum absolute atomic E-state index is 12.4. The normalized spacial score (nSPS) is 11.6. The van der Waals surface area contributed by atoms with E-state index in [-0.39, 0.29) is 17.2 Å². The molecule has 0 N–H and O–H groups in total. The highest BCUT2D eigenvalue weighted by Gasteiger charge is 2.16. The van der Waals surface area contributed by atoms with Crippen molar-refractivity contribution in [1.29, 1.82) is 0 Å². The van der Waals surface area contributed by atoms with Gasteiger partial charge in [0.1, 0.15) is 23.2 Å². The lowest BCUT2D eigenvalue weighted by Crippen LogP contribution is -2.21. The summed E-state index contributed by atoms with van der Waals surface area (Å²) in [6.45, 7) is 6.06. The third-order valence-corrected chi connectivity index (χ3v) is 3.15. The minimum Gasteiger partial charge on any atom is -0.448 e. The summed E-state index contributed by atoms with van der Waals surface area (Å²) in [4.78, 5) is 20.6. The van der Waals surface area contributed by atoms with Crippen LogP contribution in [0.5, 0.6) is 0 Å². The van der Waals surface area contributed by atoms with Crippen molar-refractivity contribution in [1.82, 2.24) is 19.7 Å². The van der Waals surface area contributed by atoms with E-state index in [1.165, 1.54) is 17.3 Å². The Bertz CT molecular complexity index is 812. The van der Waals surface area contributed by atoms with Crippen LogP contribution in [-0.2, 0) is 6.54 Å². The van der Waals surface area contributed by atoms with Crippen LogP contribution >= 0.6 is 0 Å². The quantitative estimate of drug-likeness (QED) is 0.724. The van der Waals surface area contributed by atoms with Crippen LogP contribution < -0.4 is 5.56 Å². The Hall–Kier alpha value is -2.44. The first kappa shape index (κ1) is 12.6. The molecule has 104 valence electrons. The standard InChI is InChI=1S/C13H14N4O3/c1-7(2)11-9(15-6-19-11)4-17-5-14-12-10(13(17)18)8(3)16-20-12/h5-7H,4H2,1-3H3. The van der Waals surface area contributed by atoms with Gasteiger partial charge in [0, 0.05) is 5.92 Å². The number of aryl methyl sites for hydroxylation is 1. The molecule has 7 heteroatoms. The summed E-state index contributed by atoms with van der Waals surface area (Å²) in [6.07, 6.45) is 2.83. The number of rotatable bonds is 3. The van der Waals surface area contributed by atoms with Crippen molar-refractivity contribution in [2.45, 2.75) is 33.2 Å². The van der Waals surface area contributed by atoms with Crippen molar-refractivity contribution in [3.05, 3.63) is 40.2 Å². The van der Waals surface area contributed by atoms with Crippen LogP contribution in [0.2, 0.25) is 0 Å². The topological polar surface area (TPSA) is 86.9 Å². The van der Waals surface area contributed by atoms with Gasteiger partial charge in [-0.05, 0) is 6.92 Å². The van der Waals surface area contributed by atoms with Crippen molar-refractivity contribution in [3.63, 3.8) is 0 Å². The molecule has 0 fully saturated rings. The summed E-state index contributed by atoms with van der Waals surface area (Å²) in [5.41, 5.74) is 1.34. The zero-order valence-corrected chi connectivity index (χ0v) is 11.5. The van der Waals surface area contributed by atoms with E-state index in [1.54, 1.807) is 6.92 Å². The van der Waals surface area contributed by atoms with E-state index >= 15 is 0 Å². The molecule has 0 aliphatic heterocycles. The number of fused-ring (bicyclic) bond motifs is 1. The van der Waals surface area contributed by atoms with E-state index in [9.17, 15) is 4.79 Å². The second-order valence-electron chi connectivity index (χ2n) is 4.94. The number of oxazole rings is 1. The minimum absolute atomic E-state index is 0.188. The second-order valence-corrected chi connectivity index (χ2v) is 4.94. The first-order chi connectivity index (χ1) is 9.58. The minimum atomic E-state index is -0.188. The smallest absolute Gasteiger partial charge is 0.266 e. The highest BCUT2D eigenvalue weighted by Crippen LogP contribution is 2.19. The predicted octanol–water partition coefficient (Wildman–Crippen LogP) is 1.85. The lowest BCUT2D eigenvalue weighted by molar-refractivity contribution is 0.442. The van der Waals surface area contributed by atoms with Gasteiger partial charge in [0.25, 0.3) is 11.3 Å². The largest absolute Gasteiger partial charge is 0.448 e. The average molecular weight is 274 g/mol. The maximum Gasteiger partial charge on any atom is 0.266 e. The molecule has 0 amide bonds. The molecule has 20 heavy (non-hydrogen) atoms. The fraction of sp³-hybridized carbons (Fsp3) is 0.385. The zero-order valence-electron chi connectivity index (χ0n) is 11.5. The van der Waals surface area contributed by atoms with Crippen molar-refractivity contribution in [2.75, 3.05) is 0 Å². The molecular weight excluding hydrogens is 260 g/mol. The Labute approximate surface area is 114 Å². The summed E-state index contributed by atoms with van der Waals surface area (Å²) in [5.74, 6) is 0.983. The first-order valence-electron chi connectivity index (χ1n) is 6.31. The molecule has 0 aliphatic carbocycles. The molecule has 0 saturated heterocycles. The van der Waals surface area contributed by atoms with Crippen LogP contribution in [0.25, 0.3) is 11.1 Å². The fourth-order valence-electron chi connectivity index (χ4n) is 2.15. The van der Waals surface area contributed by atoms with Crippen molar-refractivity contribution >= 4 is 11.1 Å². The molecule has 0 bridgehead atoms. The van der Waals surface area contributed by atoms with Crippen LogP contribution in [0.1, 0.15) is 36.9 Å². The fourth-order valence-corrected chi connectivity index (χ4v) is 2.15. The number of aromatic nitrogens is 4. The predicted molar refractivity (Wildman–Crippen MR) is 70.5 cm³/mol. The molecule has 0 radical (unpaired) electrons. The highest BCUT2D eigenvalue weighted by molar-refractivity contribution is 5.73. The molecule has 3 aromatic rings. The van der Waals surface area contributed by atoms with E-state index in [1.807, 2.05) is 13.8 Å². The molecule has 0 aliphatic rings. The van der Waals surface area contributed by atoms with Gasteiger partial charge in [0.05, 0.1) is 12.2 Å². The summed E-state index contributed by atoms with van der Waals surface area (Å²) in [6, 6.07) is 0. The lowest BCUT2D eigenvalue weighted by atomic mass is 10.1. The van der Waals surface area contributed by atoms with Gasteiger partial charge in [0.15, 0.2) is 6.39 Å². The molecule has 3 heterocycles. The Morgan fingerprint density at radius 3 is 2.90 bits per heavy atom. The zero-order chi connectivity index (χ0) is 14.3. The molecule has 0 spiro atoms. The Kier molecular flexibility index (Phi) is 2.89. The van der Waals surface area contributed by atoms with Gasteiger partial charge in [0.2, 0.25) is 0 Å². The van der Waals surface area contributed by atoms with E-state index in [2.05, 4.69) is 15.1 Å². The third-order valence-electron chi connectivity index (χ3n) is 3.15. The Morgan fingerprint density at radius 2 is 2.15 bits per heavy atom. The van der Waals surface area contributed by atoms with Gasteiger partial charge in [-0.2, -0.15) is 0 Å². The SMILES string of the molecule is Cc1noc2ncn(Cc3ncoc3C(C)C)c(=O)c12. The molecular formula is C13H14N4O3. The lowest BCUT2D eigenvalue weighted by Gasteiger charge is -2.06. The molecule has 0 aromatic carbocycles. The first-order valence-corrected chi connectivity index (χ1v) is 6.31. The van der Waals surface area contributed by atoms with Crippen molar-refractivity contribution in [3.8, 4) is 0 Å². The van der Waals surface area contributed by atoms with Gasteiger partial charge >= 0.3 is 0 Å². The van der Waals surface area contributed by atoms with E-state index in [0.29, 0.717) is 17.6 Å². The van der Waals surface area contributed by atoms with Crippen molar-refractivity contribution in [2.24, 2.45) is 0 Å². The van der Waals surface area contributed by atoms with Crippen LogP contribution in [0, 0.1) is 6.92 Å². The molecule has 0 atom stereocenters. The van der Waals surface area contributed by atoms with E-state index < -0.39 is 0 Å². The second kappa shape index (κ2) is 4.59. The van der Waals surface area contributed by atoms with Crippen LogP contribution in [-0.4, -0.2) is 19.7 Å². The van der Waals surface area contributed by atoms with Gasteiger partial charge in [-0.15, -0.1) is 0 Å². The number of nitrogens with zero attached hydrogens (tertiary/aromatic N) is 4. The van der Waals surface area contributed by atoms with Crippen molar-refractivity contribution < 1.29 is 8.94 Å². The van der Waals surface area contributed by atoms with Gasteiger partial charge in [-0.3, -0.25) is 9.36 Å². The summed E-state index contributed by atoms with van der Waals surface area (Å²) >= 11 is 0. The monoisotopic (exact) mass is 274 g/mol. The number of hydrogen-bond acceptors (Lipinski definition) is 6. The molecule has 3 rings (SSSR count). The van der Waals surface area contributed by atoms with Crippen LogP contribution in [0.3, 0.4) is 0 Å². The van der Waals surface area contributed by atoms with E-state index in [0.717, 1.165) is 11.5 Å². The molecule has 7 nitrogen and oxygen atoms in total. The Balaban J connectivity index is 2.07. The van der Waals surface area contributed by atoms with Gasteiger partial charge in [-0.1, -0.05) is 19.0 Å². The van der Waals surface area contributed by atoms with Crippen LogP contribution in [0.4, 0.5) is 0 Å². The third kappa shape index (κ3) is 1.91.